The maximum atomic E-state index is 5.79. The molecule has 0 aliphatic carbocycles. The van der Waals surface area contributed by atoms with E-state index in [0.29, 0.717) is 19.2 Å². The number of halogens is 1. The number of nitrogens with one attached hydrogen (secondary N) is 2. The molecule has 1 atom stereocenters. The van der Waals surface area contributed by atoms with Crippen LogP contribution in [-0.4, -0.2) is 48.6 Å². The van der Waals surface area contributed by atoms with Gasteiger partial charge >= 0.3 is 0 Å². The highest BCUT2D eigenvalue weighted by Crippen LogP contribution is 2.13. The second-order valence-corrected chi connectivity index (χ2v) is 7.39. The van der Waals surface area contributed by atoms with Gasteiger partial charge in [0.25, 0.3) is 0 Å². The van der Waals surface area contributed by atoms with Crippen LogP contribution in [0.25, 0.3) is 0 Å². The molecule has 7 heteroatoms. The van der Waals surface area contributed by atoms with E-state index in [1.807, 2.05) is 37.4 Å². The van der Waals surface area contributed by atoms with Gasteiger partial charge in [-0.15, -0.1) is 24.0 Å². The van der Waals surface area contributed by atoms with E-state index in [1.165, 1.54) is 12.0 Å². The molecule has 1 heterocycles. The predicted octanol–water partition coefficient (Wildman–Crippen LogP) is 4.45. The van der Waals surface area contributed by atoms with Crippen molar-refractivity contribution in [2.24, 2.45) is 4.99 Å². The molecule has 1 aromatic carbocycles. The first-order chi connectivity index (χ1) is 14.6. The molecule has 1 unspecified atom stereocenters. The van der Waals surface area contributed by atoms with Crippen molar-refractivity contribution < 1.29 is 4.74 Å². The number of guanidine groups is 1. The monoisotopic (exact) mass is 539 g/mol. The summed E-state index contributed by atoms with van der Waals surface area (Å²) in [4.78, 5) is 11.1. The van der Waals surface area contributed by atoms with Crippen LogP contribution in [-0.2, 0) is 13.2 Å². The van der Waals surface area contributed by atoms with Gasteiger partial charge in [-0.25, -0.2) is 0 Å². The zero-order chi connectivity index (χ0) is 21.6. The average Bonchev–Trinajstić information content (AvgIpc) is 2.79. The Hall–Kier alpha value is -1.87. The second-order valence-electron chi connectivity index (χ2n) is 7.39. The van der Waals surface area contributed by atoms with Crippen LogP contribution >= 0.6 is 24.0 Å². The van der Waals surface area contributed by atoms with Gasteiger partial charge in [-0.2, -0.15) is 0 Å². The quantitative estimate of drug-likeness (QED) is 0.237. The highest BCUT2D eigenvalue weighted by molar-refractivity contribution is 14.0. The fourth-order valence-electron chi connectivity index (χ4n) is 3.19. The summed E-state index contributed by atoms with van der Waals surface area (Å²) in [7, 11) is 1.81. The Morgan fingerprint density at radius 2 is 1.87 bits per heavy atom. The highest BCUT2D eigenvalue weighted by Gasteiger charge is 2.07. The fraction of sp³-hybridized carbons (Fsp3) is 0.500. The third-order valence-electron chi connectivity index (χ3n) is 5.11. The van der Waals surface area contributed by atoms with Gasteiger partial charge in [-0.1, -0.05) is 32.0 Å². The molecule has 0 radical (unpaired) electrons. The average molecular weight is 540 g/mol. The normalized spacial score (nSPS) is 12.2. The summed E-state index contributed by atoms with van der Waals surface area (Å²) < 4.78 is 5.79. The van der Waals surface area contributed by atoms with Gasteiger partial charge < -0.3 is 20.3 Å². The molecule has 0 fully saturated rings. The summed E-state index contributed by atoms with van der Waals surface area (Å²) in [5.41, 5.74) is 2.10. The molecule has 0 aliphatic rings. The van der Waals surface area contributed by atoms with Crippen molar-refractivity contribution in [3.63, 3.8) is 0 Å². The van der Waals surface area contributed by atoms with Crippen LogP contribution in [0.5, 0.6) is 5.75 Å². The van der Waals surface area contributed by atoms with Gasteiger partial charge in [0, 0.05) is 25.8 Å². The van der Waals surface area contributed by atoms with Gasteiger partial charge in [-0.05, 0) is 69.2 Å². The number of rotatable bonds is 12. The Morgan fingerprint density at radius 3 is 2.48 bits per heavy atom. The Kier molecular flexibility index (Phi) is 13.9. The molecule has 2 rings (SSSR count). The van der Waals surface area contributed by atoms with E-state index in [1.54, 1.807) is 6.20 Å². The third-order valence-corrected chi connectivity index (χ3v) is 5.11. The molecule has 0 aliphatic heterocycles. The van der Waals surface area contributed by atoms with Gasteiger partial charge in [0.15, 0.2) is 5.96 Å². The van der Waals surface area contributed by atoms with Crippen molar-refractivity contribution in [1.82, 2.24) is 20.5 Å². The summed E-state index contributed by atoms with van der Waals surface area (Å²) in [5.74, 6) is 1.68. The first-order valence-corrected chi connectivity index (χ1v) is 11.0. The SMILES string of the molecule is CCN(CC)CCCC(C)NC(=NC)NCc1ccc(OCc2ccccn2)cc1.I. The molecule has 172 valence electrons. The molecule has 0 saturated carbocycles. The van der Waals surface area contributed by atoms with Crippen LogP contribution in [0, 0.1) is 0 Å². The van der Waals surface area contributed by atoms with Gasteiger partial charge in [0.05, 0.1) is 5.69 Å². The molecule has 31 heavy (non-hydrogen) atoms. The van der Waals surface area contributed by atoms with Gasteiger partial charge in [-0.3, -0.25) is 9.98 Å². The van der Waals surface area contributed by atoms with Gasteiger partial charge in [0.1, 0.15) is 12.4 Å². The van der Waals surface area contributed by atoms with E-state index in [0.717, 1.165) is 43.5 Å². The lowest BCUT2D eigenvalue weighted by Gasteiger charge is -2.21. The summed E-state index contributed by atoms with van der Waals surface area (Å²) in [6.07, 6.45) is 4.09. The molecule has 2 aromatic rings. The van der Waals surface area contributed by atoms with Gasteiger partial charge in [0.2, 0.25) is 0 Å². The Bertz CT molecular complexity index is 735. The summed E-state index contributed by atoms with van der Waals surface area (Å²) >= 11 is 0. The lowest BCUT2D eigenvalue weighted by Crippen LogP contribution is -2.42. The minimum atomic E-state index is 0. The molecule has 0 saturated heterocycles. The molecule has 0 amide bonds. The number of hydrogen-bond donors (Lipinski definition) is 2. The maximum absolute atomic E-state index is 5.79. The summed E-state index contributed by atoms with van der Waals surface area (Å²) in [6, 6.07) is 14.3. The molecule has 2 N–H and O–H groups in total. The van der Waals surface area contributed by atoms with Crippen LogP contribution in [0.2, 0.25) is 0 Å². The molecule has 0 bridgehead atoms. The van der Waals surface area contributed by atoms with Crippen molar-refractivity contribution in [2.75, 3.05) is 26.7 Å². The molecule has 1 aromatic heterocycles. The topological polar surface area (TPSA) is 61.8 Å². The first kappa shape index (κ1) is 27.2. The lowest BCUT2D eigenvalue weighted by atomic mass is 10.2. The van der Waals surface area contributed by atoms with Crippen molar-refractivity contribution in [3.8, 4) is 5.75 Å². The second kappa shape index (κ2) is 15.9. The number of aliphatic imine (C=N–C) groups is 1. The fourth-order valence-corrected chi connectivity index (χ4v) is 3.19. The zero-order valence-electron chi connectivity index (χ0n) is 19.3. The number of nitrogens with zero attached hydrogens (tertiary/aromatic N) is 3. The minimum Gasteiger partial charge on any atom is -0.487 e. The Labute approximate surface area is 204 Å². The van der Waals surface area contributed by atoms with Crippen molar-refractivity contribution >= 4 is 29.9 Å². The standard InChI is InChI=1S/C24H37N5O.HI/c1-5-29(6-2)17-9-10-20(3)28-24(25-4)27-18-21-12-14-23(15-13-21)30-19-22-11-7-8-16-26-22;/h7-8,11-16,20H,5-6,9-10,17-19H2,1-4H3,(H2,25,27,28);1H. The Morgan fingerprint density at radius 1 is 1.13 bits per heavy atom. The molecular formula is C24H38IN5O. The number of ether oxygens (including phenoxy) is 1. The number of benzene rings is 1. The zero-order valence-corrected chi connectivity index (χ0v) is 21.6. The van der Waals surface area contributed by atoms with Crippen molar-refractivity contribution in [1.29, 1.82) is 0 Å². The minimum absolute atomic E-state index is 0. The summed E-state index contributed by atoms with van der Waals surface area (Å²) in [5, 5.41) is 6.88. The van der Waals surface area contributed by atoms with Crippen LogP contribution in [0.3, 0.4) is 0 Å². The lowest BCUT2D eigenvalue weighted by molar-refractivity contribution is 0.292. The summed E-state index contributed by atoms with van der Waals surface area (Å²) in [6.45, 7) is 11.2. The Balaban J connectivity index is 0.00000480. The van der Waals surface area contributed by atoms with E-state index in [2.05, 4.69) is 58.4 Å². The third kappa shape index (κ3) is 10.8. The van der Waals surface area contributed by atoms with E-state index < -0.39 is 0 Å². The van der Waals surface area contributed by atoms with Crippen molar-refractivity contribution in [3.05, 3.63) is 59.9 Å². The highest BCUT2D eigenvalue weighted by atomic mass is 127. The number of pyridine rings is 1. The molecular weight excluding hydrogens is 501 g/mol. The van der Waals surface area contributed by atoms with Crippen LogP contribution in [0.1, 0.15) is 44.9 Å². The van der Waals surface area contributed by atoms with Crippen LogP contribution < -0.4 is 15.4 Å². The van der Waals surface area contributed by atoms with E-state index in [4.69, 9.17) is 4.74 Å². The van der Waals surface area contributed by atoms with Crippen molar-refractivity contribution in [2.45, 2.75) is 52.8 Å². The predicted molar refractivity (Wildman–Crippen MR) is 140 cm³/mol. The molecule has 0 spiro atoms. The van der Waals surface area contributed by atoms with E-state index >= 15 is 0 Å². The molecule has 6 nitrogen and oxygen atoms in total. The smallest absolute Gasteiger partial charge is 0.191 e. The first-order valence-electron chi connectivity index (χ1n) is 11.0. The van der Waals surface area contributed by atoms with E-state index in [-0.39, 0.29) is 24.0 Å². The van der Waals surface area contributed by atoms with Crippen LogP contribution in [0.15, 0.2) is 53.7 Å². The van der Waals surface area contributed by atoms with E-state index in [9.17, 15) is 0 Å². The number of hydrogen-bond acceptors (Lipinski definition) is 4. The maximum Gasteiger partial charge on any atom is 0.191 e. The number of aromatic nitrogens is 1. The van der Waals surface area contributed by atoms with Crippen LogP contribution in [0.4, 0.5) is 0 Å². The largest absolute Gasteiger partial charge is 0.487 e.